The predicted octanol–water partition coefficient (Wildman–Crippen LogP) is 3.54. The molecule has 1 saturated carbocycles. The first-order chi connectivity index (χ1) is 15.4. The van der Waals surface area contributed by atoms with Crippen molar-refractivity contribution in [3.63, 3.8) is 0 Å². The molecule has 0 unspecified atom stereocenters. The summed E-state index contributed by atoms with van der Waals surface area (Å²) < 4.78 is 24.3. The first kappa shape index (κ1) is 22.6. The third-order valence-corrected chi connectivity index (χ3v) is 7.82. The highest BCUT2D eigenvalue weighted by Gasteiger charge is 2.26. The van der Waals surface area contributed by atoms with Crippen LogP contribution in [0.15, 0.2) is 28.6 Å². The van der Waals surface area contributed by atoms with Gasteiger partial charge in [0.1, 0.15) is 10.0 Å². The summed E-state index contributed by atoms with van der Waals surface area (Å²) in [5.41, 5.74) is 2.46. The van der Waals surface area contributed by atoms with E-state index in [1.807, 2.05) is 19.1 Å². The lowest BCUT2D eigenvalue weighted by molar-refractivity contribution is 0.343. The van der Waals surface area contributed by atoms with Gasteiger partial charge in [-0.3, -0.25) is 5.10 Å². The van der Waals surface area contributed by atoms with Crippen molar-refractivity contribution in [1.82, 2.24) is 20.2 Å². The third-order valence-electron chi connectivity index (χ3n) is 5.13. The van der Waals surface area contributed by atoms with E-state index in [4.69, 9.17) is 10.2 Å². The van der Waals surface area contributed by atoms with Gasteiger partial charge >= 0.3 is 0 Å². The van der Waals surface area contributed by atoms with Crippen molar-refractivity contribution in [2.24, 2.45) is 5.14 Å². The number of rotatable bonds is 10. The molecule has 0 spiro atoms. The van der Waals surface area contributed by atoms with Gasteiger partial charge in [-0.1, -0.05) is 25.5 Å². The van der Waals surface area contributed by atoms with E-state index in [2.05, 4.69) is 25.5 Å². The van der Waals surface area contributed by atoms with Gasteiger partial charge in [0.2, 0.25) is 10.0 Å². The maximum Gasteiger partial charge on any atom is 0.247 e. The van der Waals surface area contributed by atoms with Gasteiger partial charge in [-0.15, -0.1) is 11.3 Å². The van der Waals surface area contributed by atoms with Crippen molar-refractivity contribution in [3.05, 3.63) is 41.2 Å². The normalized spacial score (nSPS) is 14.3. The van der Waals surface area contributed by atoms with E-state index in [1.165, 1.54) is 0 Å². The van der Waals surface area contributed by atoms with E-state index in [-0.39, 0.29) is 10.8 Å². The number of aliphatic hydroxyl groups is 1. The molecule has 0 amide bonds. The first-order valence-corrected chi connectivity index (χ1v) is 12.9. The lowest BCUT2D eigenvalue weighted by atomic mass is 10.1. The van der Waals surface area contributed by atoms with Crippen molar-refractivity contribution in [1.29, 1.82) is 0 Å². The maximum absolute atomic E-state index is 12.1. The second-order valence-electron chi connectivity index (χ2n) is 7.76. The Bertz CT molecular complexity index is 1230. The summed E-state index contributed by atoms with van der Waals surface area (Å²) in [5.74, 6) is 2.07. The summed E-state index contributed by atoms with van der Waals surface area (Å²) in [6.07, 6.45) is 9.70. The number of H-pyrrole nitrogens is 1. The van der Waals surface area contributed by atoms with Crippen LogP contribution in [0.5, 0.6) is 0 Å². The number of hydrogen-bond acceptors (Lipinski definition) is 8. The van der Waals surface area contributed by atoms with E-state index in [0.717, 1.165) is 42.7 Å². The standard InChI is InChI=1S/C21H26N6O3S2/c1-2-3-5-14-10-17(31-21(14)32(22,29)30)20-23-12-15(6-4-9-28)19(25-20)24-18-11-16(26-27-18)13-7-8-13/h4,6,10-13,28H,2-3,5,7-9H2,1H3,(H2,22,29,30)(H2,23,24,25,26,27)/b6-4+. The molecular formula is C21H26N6O3S2. The van der Waals surface area contributed by atoms with Crippen LogP contribution in [-0.4, -0.2) is 40.3 Å². The van der Waals surface area contributed by atoms with Crippen molar-refractivity contribution in [2.75, 3.05) is 11.9 Å². The van der Waals surface area contributed by atoms with Gasteiger partial charge in [-0.25, -0.2) is 23.5 Å². The van der Waals surface area contributed by atoms with Crippen LogP contribution in [0.3, 0.4) is 0 Å². The average Bonchev–Trinajstić information content (AvgIpc) is 3.34. The summed E-state index contributed by atoms with van der Waals surface area (Å²) >= 11 is 1.08. The molecule has 0 aromatic carbocycles. The Balaban J connectivity index is 1.70. The largest absolute Gasteiger partial charge is 0.392 e. The Morgan fingerprint density at radius 2 is 2.19 bits per heavy atom. The van der Waals surface area contributed by atoms with Crippen LogP contribution in [0.4, 0.5) is 11.6 Å². The van der Waals surface area contributed by atoms with Crippen molar-refractivity contribution < 1.29 is 13.5 Å². The molecule has 0 atom stereocenters. The van der Waals surface area contributed by atoms with Crippen LogP contribution in [-0.2, 0) is 16.4 Å². The van der Waals surface area contributed by atoms with Crippen LogP contribution < -0.4 is 10.5 Å². The number of sulfonamides is 1. The molecule has 0 bridgehead atoms. The molecule has 0 aliphatic heterocycles. The van der Waals surface area contributed by atoms with E-state index >= 15 is 0 Å². The molecule has 3 aromatic heterocycles. The van der Waals surface area contributed by atoms with Crippen LogP contribution in [0.1, 0.15) is 55.3 Å². The smallest absolute Gasteiger partial charge is 0.247 e. The molecule has 11 heteroatoms. The zero-order chi connectivity index (χ0) is 22.7. The SMILES string of the molecule is CCCCc1cc(-c2ncc(/C=C/CO)c(Nc3cc(C4CC4)[nH]n3)n2)sc1S(N)(=O)=O. The molecule has 3 heterocycles. The van der Waals surface area contributed by atoms with Gasteiger partial charge in [0.15, 0.2) is 11.6 Å². The van der Waals surface area contributed by atoms with Gasteiger partial charge in [-0.05, 0) is 37.3 Å². The predicted molar refractivity (Wildman–Crippen MR) is 125 cm³/mol. The molecule has 170 valence electrons. The number of aromatic nitrogens is 4. The molecule has 1 aliphatic rings. The number of nitrogens with two attached hydrogens (primary N) is 1. The molecule has 4 rings (SSSR count). The highest BCUT2D eigenvalue weighted by Crippen LogP contribution is 2.40. The van der Waals surface area contributed by atoms with Gasteiger partial charge in [0.25, 0.3) is 0 Å². The fourth-order valence-electron chi connectivity index (χ4n) is 3.34. The first-order valence-electron chi connectivity index (χ1n) is 10.5. The zero-order valence-corrected chi connectivity index (χ0v) is 19.3. The number of unbranched alkanes of at least 4 members (excludes halogenated alkanes) is 1. The van der Waals surface area contributed by atoms with E-state index in [9.17, 15) is 8.42 Å². The third kappa shape index (κ3) is 5.23. The van der Waals surface area contributed by atoms with E-state index in [0.29, 0.717) is 45.8 Å². The quantitative estimate of drug-likeness (QED) is 0.351. The summed E-state index contributed by atoms with van der Waals surface area (Å²) in [7, 11) is -3.84. The van der Waals surface area contributed by atoms with Crippen LogP contribution in [0, 0.1) is 0 Å². The van der Waals surface area contributed by atoms with Crippen molar-refractivity contribution in [2.45, 2.75) is 49.2 Å². The average molecular weight is 475 g/mol. The van der Waals surface area contributed by atoms with Crippen LogP contribution in [0.25, 0.3) is 16.8 Å². The molecule has 1 fully saturated rings. The van der Waals surface area contributed by atoms with Gasteiger partial charge in [-0.2, -0.15) is 5.10 Å². The summed E-state index contributed by atoms with van der Waals surface area (Å²) in [5, 5.41) is 25.2. The number of hydrogen-bond donors (Lipinski definition) is 4. The van der Waals surface area contributed by atoms with Crippen molar-refractivity contribution in [3.8, 4) is 10.7 Å². The fraction of sp³-hybridized carbons (Fsp3) is 0.381. The number of thiophene rings is 1. The lowest BCUT2D eigenvalue weighted by Crippen LogP contribution is -2.12. The second-order valence-corrected chi connectivity index (χ2v) is 10.6. The number of nitrogens with one attached hydrogen (secondary N) is 2. The Hall–Kier alpha value is -2.60. The highest BCUT2D eigenvalue weighted by molar-refractivity contribution is 7.91. The summed E-state index contributed by atoms with van der Waals surface area (Å²) in [6, 6.07) is 3.77. The molecule has 9 nitrogen and oxygen atoms in total. The Kier molecular flexibility index (Phi) is 6.70. The molecule has 3 aromatic rings. The summed E-state index contributed by atoms with van der Waals surface area (Å²) in [4.78, 5) is 9.70. The minimum Gasteiger partial charge on any atom is -0.392 e. The maximum atomic E-state index is 12.1. The molecule has 0 radical (unpaired) electrons. The number of aryl methyl sites for hydroxylation is 1. The molecule has 0 saturated heterocycles. The number of nitrogens with zero attached hydrogens (tertiary/aromatic N) is 3. The lowest BCUT2D eigenvalue weighted by Gasteiger charge is -2.07. The highest BCUT2D eigenvalue weighted by atomic mass is 32.2. The number of anilines is 2. The molecule has 5 N–H and O–H groups in total. The topological polar surface area (TPSA) is 147 Å². The molecule has 32 heavy (non-hydrogen) atoms. The Morgan fingerprint density at radius 1 is 1.38 bits per heavy atom. The number of primary sulfonamides is 1. The number of aromatic amines is 1. The minimum atomic E-state index is -3.84. The minimum absolute atomic E-state index is 0.112. The zero-order valence-electron chi connectivity index (χ0n) is 17.7. The molecule has 1 aliphatic carbocycles. The number of aliphatic hydroxyl groups excluding tert-OH is 1. The van der Waals surface area contributed by atoms with Crippen LogP contribution in [0.2, 0.25) is 0 Å². The monoisotopic (exact) mass is 474 g/mol. The summed E-state index contributed by atoms with van der Waals surface area (Å²) in [6.45, 7) is 1.94. The van der Waals surface area contributed by atoms with E-state index in [1.54, 1.807) is 18.3 Å². The second kappa shape index (κ2) is 9.49. The van der Waals surface area contributed by atoms with E-state index < -0.39 is 10.0 Å². The van der Waals surface area contributed by atoms with Gasteiger partial charge in [0.05, 0.1) is 11.5 Å². The van der Waals surface area contributed by atoms with Crippen LogP contribution >= 0.6 is 11.3 Å². The van der Waals surface area contributed by atoms with Gasteiger partial charge < -0.3 is 10.4 Å². The Labute approximate surface area is 190 Å². The Morgan fingerprint density at radius 3 is 2.88 bits per heavy atom. The fourth-order valence-corrected chi connectivity index (χ4v) is 5.48. The van der Waals surface area contributed by atoms with Gasteiger partial charge in [0, 0.05) is 29.4 Å². The van der Waals surface area contributed by atoms with Crippen molar-refractivity contribution >= 4 is 39.1 Å². The molecular weight excluding hydrogens is 448 g/mol.